The quantitative estimate of drug-likeness (QED) is 0.765. The standard InChI is InChI=1S/C18H28N2O4S/c1-4-7-15(3)19-18(21)13-24-17-9-8-16(12-14(17)2)25(22,23)20-10-5-6-11-20/h8-9,12,15H,4-7,10-11,13H2,1-3H3,(H,19,21)/t15-/m0/s1. The molecule has 0 bridgehead atoms. The van der Waals surface area contributed by atoms with Gasteiger partial charge in [0.05, 0.1) is 4.90 Å². The molecule has 2 rings (SSSR count). The van der Waals surface area contributed by atoms with Gasteiger partial charge in [-0.25, -0.2) is 8.42 Å². The SMILES string of the molecule is CCC[C@H](C)NC(=O)COc1ccc(S(=O)(=O)N2CCCC2)cc1C. The molecule has 0 aromatic heterocycles. The van der Waals surface area contributed by atoms with E-state index >= 15 is 0 Å². The van der Waals surface area contributed by atoms with Gasteiger partial charge in [0.25, 0.3) is 5.91 Å². The van der Waals surface area contributed by atoms with Gasteiger partial charge in [-0.05, 0) is 56.9 Å². The summed E-state index contributed by atoms with van der Waals surface area (Å²) in [6.07, 6.45) is 3.75. The van der Waals surface area contributed by atoms with E-state index in [1.54, 1.807) is 25.1 Å². The van der Waals surface area contributed by atoms with Gasteiger partial charge in [0.15, 0.2) is 6.61 Å². The monoisotopic (exact) mass is 368 g/mol. The van der Waals surface area contributed by atoms with Crippen LogP contribution in [0.25, 0.3) is 0 Å². The van der Waals surface area contributed by atoms with E-state index in [1.807, 2.05) is 6.92 Å². The van der Waals surface area contributed by atoms with Gasteiger partial charge in [0.2, 0.25) is 10.0 Å². The van der Waals surface area contributed by atoms with Crippen LogP contribution in [0.1, 0.15) is 45.1 Å². The molecular formula is C18H28N2O4S. The lowest BCUT2D eigenvalue weighted by Crippen LogP contribution is -2.36. The Morgan fingerprint density at radius 2 is 2.00 bits per heavy atom. The van der Waals surface area contributed by atoms with Gasteiger partial charge in [-0.2, -0.15) is 4.31 Å². The predicted octanol–water partition coefficient (Wildman–Crippen LogP) is 2.46. The minimum atomic E-state index is -3.43. The molecule has 1 amide bonds. The van der Waals surface area contributed by atoms with E-state index in [0.717, 1.165) is 25.7 Å². The number of hydrogen-bond donors (Lipinski definition) is 1. The highest BCUT2D eigenvalue weighted by Gasteiger charge is 2.27. The van der Waals surface area contributed by atoms with Crippen LogP contribution in [-0.2, 0) is 14.8 Å². The molecular weight excluding hydrogens is 340 g/mol. The van der Waals surface area contributed by atoms with Crippen molar-refractivity contribution in [3.05, 3.63) is 23.8 Å². The Bertz CT molecular complexity index is 697. The minimum Gasteiger partial charge on any atom is -0.484 e. The van der Waals surface area contributed by atoms with E-state index in [9.17, 15) is 13.2 Å². The summed E-state index contributed by atoms with van der Waals surface area (Å²) in [7, 11) is -3.43. The summed E-state index contributed by atoms with van der Waals surface area (Å²) < 4.78 is 32.2. The molecule has 1 fully saturated rings. The highest BCUT2D eigenvalue weighted by atomic mass is 32.2. The van der Waals surface area contributed by atoms with E-state index < -0.39 is 10.0 Å². The second-order valence-corrected chi connectivity index (χ2v) is 8.52. The van der Waals surface area contributed by atoms with Crippen LogP contribution in [0.5, 0.6) is 5.75 Å². The summed E-state index contributed by atoms with van der Waals surface area (Å²) in [5, 5.41) is 2.88. The maximum absolute atomic E-state index is 12.6. The van der Waals surface area contributed by atoms with Gasteiger partial charge in [0, 0.05) is 19.1 Å². The topological polar surface area (TPSA) is 75.7 Å². The first kappa shape index (κ1) is 19.7. The minimum absolute atomic E-state index is 0.0763. The average Bonchev–Trinajstić information content (AvgIpc) is 3.09. The Morgan fingerprint density at radius 3 is 2.60 bits per heavy atom. The molecule has 0 saturated carbocycles. The van der Waals surface area contributed by atoms with Crippen molar-refractivity contribution in [2.24, 2.45) is 0 Å². The van der Waals surface area contributed by atoms with Crippen LogP contribution in [0.2, 0.25) is 0 Å². The van der Waals surface area contributed by atoms with Crippen molar-refractivity contribution in [2.45, 2.75) is 57.4 Å². The van der Waals surface area contributed by atoms with Crippen LogP contribution in [0.15, 0.2) is 23.1 Å². The smallest absolute Gasteiger partial charge is 0.258 e. The third-order valence-corrected chi connectivity index (χ3v) is 6.23. The number of rotatable bonds is 8. The number of carbonyl (C=O) groups is 1. The van der Waals surface area contributed by atoms with Gasteiger partial charge >= 0.3 is 0 Å². The van der Waals surface area contributed by atoms with Crippen LogP contribution in [0.3, 0.4) is 0 Å². The zero-order chi connectivity index (χ0) is 18.4. The lowest BCUT2D eigenvalue weighted by atomic mass is 10.2. The van der Waals surface area contributed by atoms with Crippen molar-refractivity contribution in [3.8, 4) is 5.75 Å². The molecule has 0 spiro atoms. The van der Waals surface area contributed by atoms with Gasteiger partial charge in [-0.15, -0.1) is 0 Å². The number of aryl methyl sites for hydroxylation is 1. The van der Waals surface area contributed by atoms with Gasteiger partial charge in [-0.1, -0.05) is 13.3 Å². The maximum Gasteiger partial charge on any atom is 0.258 e. The second kappa shape index (κ2) is 8.67. The molecule has 0 aliphatic carbocycles. The third-order valence-electron chi connectivity index (χ3n) is 4.34. The summed E-state index contributed by atoms with van der Waals surface area (Å²) in [5.41, 5.74) is 0.703. The average molecular weight is 368 g/mol. The van der Waals surface area contributed by atoms with Crippen molar-refractivity contribution in [1.82, 2.24) is 9.62 Å². The van der Waals surface area contributed by atoms with Crippen LogP contribution in [0, 0.1) is 6.92 Å². The predicted molar refractivity (Wildman–Crippen MR) is 97.2 cm³/mol. The van der Waals surface area contributed by atoms with E-state index in [2.05, 4.69) is 12.2 Å². The number of ether oxygens (including phenoxy) is 1. The number of sulfonamides is 1. The van der Waals surface area contributed by atoms with Gasteiger partial charge in [0.1, 0.15) is 5.75 Å². The Labute approximate surface area is 150 Å². The number of hydrogen-bond acceptors (Lipinski definition) is 4. The summed E-state index contributed by atoms with van der Waals surface area (Å²) in [6, 6.07) is 4.91. The highest BCUT2D eigenvalue weighted by molar-refractivity contribution is 7.89. The second-order valence-electron chi connectivity index (χ2n) is 6.58. The molecule has 1 atom stereocenters. The Hall–Kier alpha value is -1.60. The normalized spacial score (nSPS) is 16.6. The van der Waals surface area contributed by atoms with E-state index in [0.29, 0.717) is 24.4 Å². The lowest BCUT2D eigenvalue weighted by Gasteiger charge is -2.17. The van der Waals surface area contributed by atoms with Gasteiger partial charge < -0.3 is 10.1 Å². The van der Waals surface area contributed by atoms with Crippen molar-refractivity contribution >= 4 is 15.9 Å². The van der Waals surface area contributed by atoms with E-state index in [1.165, 1.54) is 4.31 Å². The molecule has 7 heteroatoms. The van der Waals surface area contributed by atoms with Crippen LogP contribution >= 0.6 is 0 Å². The lowest BCUT2D eigenvalue weighted by molar-refractivity contribution is -0.123. The Kier molecular flexibility index (Phi) is 6.84. The number of nitrogens with zero attached hydrogens (tertiary/aromatic N) is 1. The van der Waals surface area contributed by atoms with Crippen molar-refractivity contribution < 1.29 is 17.9 Å². The molecule has 140 valence electrons. The fraction of sp³-hybridized carbons (Fsp3) is 0.611. The first-order valence-corrected chi connectivity index (χ1v) is 10.3. The zero-order valence-electron chi connectivity index (χ0n) is 15.2. The van der Waals surface area contributed by atoms with Gasteiger partial charge in [-0.3, -0.25) is 4.79 Å². The molecule has 1 aliphatic rings. The molecule has 25 heavy (non-hydrogen) atoms. The zero-order valence-corrected chi connectivity index (χ0v) is 16.1. The van der Waals surface area contributed by atoms with Crippen LogP contribution in [0.4, 0.5) is 0 Å². The van der Waals surface area contributed by atoms with Crippen molar-refractivity contribution in [2.75, 3.05) is 19.7 Å². The summed E-state index contributed by atoms with van der Waals surface area (Å²) in [6.45, 7) is 6.90. The molecule has 6 nitrogen and oxygen atoms in total. The number of benzene rings is 1. The fourth-order valence-corrected chi connectivity index (χ4v) is 4.59. The number of carbonyl (C=O) groups excluding carboxylic acids is 1. The largest absolute Gasteiger partial charge is 0.484 e. The Balaban J connectivity index is 1.99. The molecule has 1 N–H and O–H groups in total. The first-order chi connectivity index (χ1) is 11.8. The summed E-state index contributed by atoms with van der Waals surface area (Å²) in [5.74, 6) is 0.354. The first-order valence-electron chi connectivity index (χ1n) is 8.87. The molecule has 1 saturated heterocycles. The number of nitrogens with one attached hydrogen (secondary N) is 1. The molecule has 1 aliphatic heterocycles. The number of amides is 1. The van der Waals surface area contributed by atoms with Crippen LogP contribution < -0.4 is 10.1 Å². The van der Waals surface area contributed by atoms with E-state index in [4.69, 9.17) is 4.74 Å². The molecule has 1 aromatic rings. The summed E-state index contributed by atoms with van der Waals surface area (Å²) >= 11 is 0. The van der Waals surface area contributed by atoms with Crippen molar-refractivity contribution in [3.63, 3.8) is 0 Å². The van der Waals surface area contributed by atoms with E-state index in [-0.39, 0.29) is 23.5 Å². The Morgan fingerprint density at radius 1 is 1.32 bits per heavy atom. The third kappa shape index (κ3) is 5.19. The molecule has 0 unspecified atom stereocenters. The molecule has 1 heterocycles. The molecule has 1 aromatic carbocycles. The van der Waals surface area contributed by atoms with Crippen LogP contribution in [-0.4, -0.2) is 44.4 Å². The highest BCUT2D eigenvalue weighted by Crippen LogP contribution is 2.26. The summed E-state index contributed by atoms with van der Waals surface area (Å²) in [4.78, 5) is 12.2. The van der Waals surface area contributed by atoms with Crippen molar-refractivity contribution in [1.29, 1.82) is 0 Å². The maximum atomic E-state index is 12.6. The fourth-order valence-electron chi connectivity index (χ4n) is 2.99. The molecule has 0 radical (unpaired) electrons.